The monoisotopic (exact) mass is 1030 g/mol. The molecule has 17 rings (SSSR count). The molecule has 6 heteroatoms. The Morgan fingerprint density at radius 1 is 0.198 bits per heavy atom. The molecule has 6 nitrogen and oxygen atoms in total. The second-order valence-electron chi connectivity index (χ2n) is 21.1. The van der Waals surface area contributed by atoms with Crippen LogP contribution in [-0.4, -0.2) is 28.7 Å². The van der Waals surface area contributed by atoms with Gasteiger partial charge in [-0.15, -0.1) is 0 Å². The van der Waals surface area contributed by atoms with Gasteiger partial charge < -0.3 is 9.13 Å². The largest absolute Gasteiger partial charge is 0.309 e. The van der Waals surface area contributed by atoms with Gasteiger partial charge in [0.15, 0.2) is 11.6 Å². The van der Waals surface area contributed by atoms with E-state index in [1.807, 2.05) is 18.2 Å². The molecular weight excluding hydrogens is 985 g/mol. The van der Waals surface area contributed by atoms with E-state index >= 15 is 0 Å². The Balaban J connectivity index is 0.861. The summed E-state index contributed by atoms with van der Waals surface area (Å²) in [5, 5.41) is 14.6. The van der Waals surface area contributed by atoms with Crippen LogP contribution >= 0.6 is 0 Å². The van der Waals surface area contributed by atoms with Crippen molar-refractivity contribution in [3.63, 3.8) is 0 Å². The summed E-state index contributed by atoms with van der Waals surface area (Å²) in [5.74, 6) is 1.72. The highest BCUT2D eigenvalue weighted by Gasteiger charge is 2.24. The summed E-state index contributed by atoms with van der Waals surface area (Å²) in [4.78, 5) is 16.3. The van der Waals surface area contributed by atoms with E-state index in [-0.39, 0.29) is 0 Å². The lowest BCUT2D eigenvalue weighted by Gasteiger charge is -2.15. The molecule has 4 heterocycles. The summed E-state index contributed by atoms with van der Waals surface area (Å²) < 4.78 is 7.07. The van der Waals surface area contributed by atoms with E-state index in [2.05, 4.69) is 275 Å². The molecule has 0 aliphatic heterocycles. The SMILES string of the molecule is c1ccc(-c2nc(-c3cccc(-n4c5ccccc5c5ccccc54)c3)nc(-n3c4ccccc4c4ccc5c6ccccc6n(-c6cccc(-c7cccc(-c8ccc9c%10ccccc%10c%10ccccc%10c9c8)c7)c6)c5c43)n2)cc1. The highest BCUT2D eigenvalue weighted by Crippen LogP contribution is 2.44. The molecule has 0 bridgehead atoms. The molecule has 0 radical (unpaired) electrons. The smallest absolute Gasteiger partial charge is 0.238 e. The minimum atomic E-state index is 0.539. The molecule has 0 spiro atoms. The van der Waals surface area contributed by atoms with Crippen LogP contribution in [0.1, 0.15) is 0 Å². The summed E-state index contributed by atoms with van der Waals surface area (Å²) in [5.41, 5.74) is 15.0. The van der Waals surface area contributed by atoms with Gasteiger partial charge in [-0.1, -0.05) is 218 Å². The molecule has 81 heavy (non-hydrogen) atoms. The predicted octanol–water partition coefficient (Wildman–Crippen LogP) is 19.3. The summed E-state index contributed by atoms with van der Waals surface area (Å²) in [6.07, 6.45) is 0. The lowest BCUT2D eigenvalue weighted by molar-refractivity contribution is 0.953. The van der Waals surface area contributed by atoms with Gasteiger partial charge in [0.2, 0.25) is 5.95 Å². The minimum absolute atomic E-state index is 0.539. The fraction of sp³-hybridized carbons (Fsp3) is 0. The molecule has 17 aromatic rings. The van der Waals surface area contributed by atoms with Gasteiger partial charge in [0.05, 0.1) is 33.1 Å². The van der Waals surface area contributed by atoms with Crippen LogP contribution in [0.15, 0.2) is 279 Å². The molecule has 0 saturated carbocycles. The van der Waals surface area contributed by atoms with Crippen molar-refractivity contribution in [2.75, 3.05) is 0 Å². The number of aromatic nitrogens is 6. The molecule has 13 aromatic carbocycles. The first kappa shape index (κ1) is 45.1. The zero-order valence-electron chi connectivity index (χ0n) is 43.7. The van der Waals surface area contributed by atoms with Gasteiger partial charge in [-0.2, -0.15) is 9.97 Å². The molecule has 0 fully saturated rings. The molecule has 376 valence electrons. The summed E-state index contributed by atoms with van der Waals surface area (Å²) in [6.45, 7) is 0. The molecular formula is C75H46N6. The van der Waals surface area contributed by atoms with Crippen LogP contribution < -0.4 is 0 Å². The molecule has 0 unspecified atom stereocenters. The van der Waals surface area contributed by atoms with Crippen molar-refractivity contribution in [1.29, 1.82) is 0 Å². The fourth-order valence-electron chi connectivity index (χ4n) is 13.1. The maximum Gasteiger partial charge on any atom is 0.238 e. The van der Waals surface area contributed by atoms with E-state index in [0.717, 1.165) is 82.9 Å². The van der Waals surface area contributed by atoms with Crippen molar-refractivity contribution >= 4 is 97.7 Å². The third-order valence-corrected chi connectivity index (χ3v) is 16.6. The summed E-state index contributed by atoms with van der Waals surface area (Å²) in [6, 6.07) is 101. The van der Waals surface area contributed by atoms with E-state index in [9.17, 15) is 0 Å². The van der Waals surface area contributed by atoms with Gasteiger partial charge in [0, 0.05) is 54.8 Å². The van der Waals surface area contributed by atoms with Crippen molar-refractivity contribution in [3.05, 3.63) is 279 Å². The van der Waals surface area contributed by atoms with Crippen molar-refractivity contribution in [2.45, 2.75) is 0 Å². The zero-order valence-corrected chi connectivity index (χ0v) is 43.7. The van der Waals surface area contributed by atoms with Crippen LogP contribution in [0.5, 0.6) is 0 Å². The Morgan fingerprint density at radius 2 is 0.556 bits per heavy atom. The zero-order chi connectivity index (χ0) is 53.1. The standard InChI is InChI=1S/C75H46N6/c1-2-19-47(20-3-1)73-76-74(52-24-18-25-53(45-52)79-67-35-12-8-31-60(67)61-32-9-13-36-68(61)79)78-75(77-73)81-70-38-15-11-34-63(70)65-42-41-64-62-33-10-14-37-69(62)80(71(64)72(65)81)54-26-17-23-50(44-54)48-21-16-22-49(43-48)51-39-40-59-57-29-5-4-27-55(57)56-28-6-7-30-58(56)66(59)46-51/h1-46H. The van der Waals surface area contributed by atoms with Gasteiger partial charge in [-0.05, 0) is 115 Å². The third-order valence-electron chi connectivity index (χ3n) is 16.6. The van der Waals surface area contributed by atoms with E-state index in [1.54, 1.807) is 0 Å². The lowest BCUT2D eigenvalue weighted by atomic mass is 9.91. The number of fused-ring (bicyclic) bond motifs is 16. The first-order valence-electron chi connectivity index (χ1n) is 27.6. The van der Waals surface area contributed by atoms with E-state index in [1.165, 1.54) is 59.6 Å². The van der Waals surface area contributed by atoms with Gasteiger partial charge >= 0.3 is 0 Å². The van der Waals surface area contributed by atoms with Crippen LogP contribution in [0.4, 0.5) is 0 Å². The van der Waals surface area contributed by atoms with Crippen molar-refractivity contribution in [2.24, 2.45) is 0 Å². The van der Waals surface area contributed by atoms with Gasteiger partial charge in [-0.3, -0.25) is 4.57 Å². The first-order valence-corrected chi connectivity index (χ1v) is 27.6. The number of hydrogen-bond donors (Lipinski definition) is 0. The Kier molecular flexibility index (Phi) is 9.91. The second-order valence-corrected chi connectivity index (χ2v) is 21.1. The molecule has 0 N–H and O–H groups in total. The Morgan fingerprint density at radius 3 is 1.14 bits per heavy atom. The number of para-hydroxylation sites is 4. The third kappa shape index (κ3) is 6.97. The van der Waals surface area contributed by atoms with Crippen LogP contribution in [0.25, 0.3) is 160 Å². The van der Waals surface area contributed by atoms with E-state index < -0.39 is 0 Å². The average molecular weight is 1030 g/mol. The Bertz CT molecular complexity index is 5340. The first-order chi connectivity index (χ1) is 40.2. The molecule has 0 amide bonds. The maximum absolute atomic E-state index is 5.54. The average Bonchev–Trinajstić information content (AvgIpc) is 3.90. The summed E-state index contributed by atoms with van der Waals surface area (Å²) >= 11 is 0. The van der Waals surface area contributed by atoms with E-state index in [4.69, 9.17) is 15.0 Å². The number of benzene rings is 13. The quantitative estimate of drug-likeness (QED) is 0.150. The number of nitrogens with zero attached hydrogens (tertiary/aromatic N) is 6. The molecule has 0 saturated heterocycles. The molecule has 0 atom stereocenters. The van der Waals surface area contributed by atoms with Crippen LogP contribution in [0, 0.1) is 0 Å². The molecule has 4 aromatic heterocycles. The second kappa shape index (κ2) is 17.8. The van der Waals surface area contributed by atoms with Gasteiger partial charge in [0.1, 0.15) is 0 Å². The number of rotatable bonds is 7. The molecule has 0 aliphatic carbocycles. The van der Waals surface area contributed by atoms with E-state index in [0.29, 0.717) is 17.6 Å². The van der Waals surface area contributed by atoms with Gasteiger partial charge in [-0.25, -0.2) is 4.98 Å². The topological polar surface area (TPSA) is 53.5 Å². The highest BCUT2D eigenvalue weighted by molar-refractivity contribution is 6.26. The van der Waals surface area contributed by atoms with Crippen LogP contribution in [0.2, 0.25) is 0 Å². The highest BCUT2D eigenvalue weighted by atomic mass is 15.2. The van der Waals surface area contributed by atoms with Crippen molar-refractivity contribution in [1.82, 2.24) is 28.7 Å². The lowest BCUT2D eigenvalue weighted by Crippen LogP contribution is -2.07. The maximum atomic E-state index is 5.54. The predicted molar refractivity (Wildman–Crippen MR) is 337 cm³/mol. The Hall–Kier alpha value is -11.0. The van der Waals surface area contributed by atoms with Crippen LogP contribution in [-0.2, 0) is 0 Å². The summed E-state index contributed by atoms with van der Waals surface area (Å²) in [7, 11) is 0. The van der Waals surface area contributed by atoms with Gasteiger partial charge in [0.25, 0.3) is 0 Å². The molecule has 0 aliphatic rings. The minimum Gasteiger partial charge on any atom is -0.309 e. The van der Waals surface area contributed by atoms with Crippen LogP contribution in [0.3, 0.4) is 0 Å². The van der Waals surface area contributed by atoms with Crippen molar-refractivity contribution in [3.8, 4) is 62.4 Å². The normalized spacial score (nSPS) is 12.0. The fourth-order valence-corrected chi connectivity index (χ4v) is 13.1. The Labute approximate surface area is 465 Å². The van der Waals surface area contributed by atoms with Crippen molar-refractivity contribution < 1.29 is 0 Å². The number of hydrogen-bond acceptors (Lipinski definition) is 3.